The van der Waals surface area contributed by atoms with Crippen molar-refractivity contribution in [2.75, 3.05) is 11.9 Å². The van der Waals surface area contributed by atoms with Crippen molar-refractivity contribution < 1.29 is 18.0 Å². The summed E-state index contributed by atoms with van der Waals surface area (Å²) in [7, 11) is -2.08. The Hall–Kier alpha value is -2.71. The highest BCUT2D eigenvalue weighted by molar-refractivity contribution is 7.89. The molecule has 0 spiro atoms. The van der Waals surface area contributed by atoms with E-state index in [0.717, 1.165) is 36.9 Å². The van der Waals surface area contributed by atoms with Crippen LogP contribution in [0.3, 0.4) is 0 Å². The summed E-state index contributed by atoms with van der Waals surface area (Å²) in [4.78, 5) is 26.8. The molecule has 0 bridgehead atoms. The smallest absolute Gasteiger partial charge is 0.251 e. The van der Waals surface area contributed by atoms with Crippen LogP contribution in [0, 0.1) is 0 Å². The monoisotopic (exact) mass is 483 g/mol. The number of benzene rings is 2. The molecule has 1 heterocycles. The molecule has 2 aromatic carbocycles. The number of anilines is 1. The summed E-state index contributed by atoms with van der Waals surface area (Å²) < 4.78 is 28.5. The van der Waals surface area contributed by atoms with Gasteiger partial charge in [-0.15, -0.1) is 0 Å². The Morgan fingerprint density at radius 2 is 1.68 bits per heavy atom. The quantitative estimate of drug-likeness (QED) is 0.610. The first-order valence-electron chi connectivity index (χ1n) is 11.9. The van der Waals surface area contributed by atoms with Gasteiger partial charge in [-0.05, 0) is 68.1 Å². The lowest BCUT2D eigenvalue weighted by atomic mass is 9.86. The second-order valence-electron chi connectivity index (χ2n) is 9.85. The van der Waals surface area contributed by atoms with Crippen molar-refractivity contribution in [3.8, 4) is 0 Å². The highest BCUT2D eigenvalue weighted by Gasteiger charge is 2.42. The summed E-state index contributed by atoms with van der Waals surface area (Å²) in [6.07, 6.45) is 6.81. The standard InChI is InChI=1S/C26H33N3O4S/c1-26(2)22-16-21(14-15-23(22)29(3)25(26)31)34(32,33)27-17-18-10-12-19(13-11-18)24(30)28-20-8-6-4-5-7-9-20/h10-16,20,27H,4-9,17H2,1-3H3,(H,28,30). The normalized spacial score (nSPS) is 18.4. The Kier molecular flexibility index (Phi) is 6.82. The van der Waals surface area contributed by atoms with Crippen molar-refractivity contribution in [3.63, 3.8) is 0 Å². The number of carbonyl (C=O) groups is 2. The molecule has 2 amide bonds. The van der Waals surface area contributed by atoms with Gasteiger partial charge in [0.15, 0.2) is 0 Å². The molecule has 182 valence electrons. The molecule has 8 heteroatoms. The van der Waals surface area contributed by atoms with Gasteiger partial charge < -0.3 is 10.2 Å². The van der Waals surface area contributed by atoms with Crippen LogP contribution >= 0.6 is 0 Å². The third-order valence-electron chi connectivity index (χ3n) is 7.03. The number of sulfonamides is 1. The van der Waals surface area contributed by atoms with Gasteiger partial charge in [0, 0.05) is 30.9 Å². The first-order valence-corrected chi connectivity index (χ1v) is 13.4. The molecule has 0 atom stereocenters. The van der Waals surface area contributed by atoms with E-state index in [1.807, 2.05) is 0 Å². The number of rotatable bonds is 6. The fourth-order valence-corrected chi connectivity index (χ4v) is 5.89. The third kappa shape index (κ3) is 4.88. The third-order valence-corrected chi connectivity index (χ3v) is 8.42. The average Bonchev–Trinajstić information content (AvgIpc) is 3.01. The lowest BCUT2D eigenvalue weighted by Gasteiger charge is -2.17. The second-order valence-corrected chi connectivity index (χ2v) is 11.6. The minimum Gasteiger partial charge on any atom is -0.349 e. The van der Waals surface area contributed by atoms with Gasteiger partial charge >= 0.3 is 0 Å². The van der Waals surface area contributed by atoms with Gasteiger partial charge in [0.1, 0.15) is 0 Å². The second kappa shape index (κ2) is 9.50. The van der Waals surface area contributed by atoms with Crippen molar-refractivity contribution in [1.82, 2.24) is 10.0 Å². The van der Waals surface area contributed by atoms with Crippen LogP contribution in [0.4, 0.5) is 5.69 Å². The molecule has 1 saturated carbocycles. The predicted octanol–water partition coefficient (Wildman–Crippen LogP) is 3.87. The van der Waals surface area contributed by atoms with E-state index in [4.69, 9.17) is 0 Å². The minimum absolute atomic E-state index is 0.0619. The number of carbonyl (C=O) groups excluding carboxylic acids is 2. The maximum Gasteiger partial charge on any atom is 0.251 e. The van der Waals surface area contributed by atoms with E-state index in [2.05, 4.69) is 10.0 Å². The summed E-state index contributed by atoms with van der Waals surface area (Å²) in [6.45, 7) is 3.70. The van der Waals surface area contributed by atoms with Gasteiger partial charge in [0.05, 0.1) is 10.3 Å². The summed E-state index contributed by atoms with van der Waals surface area (Å²) in [5, 5.41) is 3.13. The van der Waals surface area contributed by atoms with Gasteiger partial charge in [0.25, 0.3) is 5.91 Å². The van der Waals surface area contributed by atoms with E-state index < -0.39 is 15.4 Å². The van der Waals surface area contributed by atoms with E-state index in [1.54, 1.807) is 62.2 Å². The van der Waals surface area contributed by atoms with Crippen molar-refractivity contribution >= 4 is 27.5 Å². The minimum atomic E-state index is -3.77. The number of amides is 2. The summed E-state index contributed by atoms with van der Waals surface area (Å²) in [5.74, 6) is -0.146. The molecule has 0 saturated heterocycles. The zero-order chi connectivity index (χ0) is 24.5. The number of hydrogen-bond acceptors (Lipinski definition) is 4. The zero-order valence-electron chi connectivity index (χ0n) is 20.1. The van der Waals surface area contributed by atoms with Gasteiger partial charge in [-0.3, -0.25) is 9.59 Å². The summed E-state index contributed by atoms with van der Waals surface area (Å²) >= 11 is 0. The molecule has 1 fully saturated rings. The SMILES string of the molecule is CN1C(=O)C(C)(C)c2cc(S(=O)(=O)NCc3ccc(C(=O)NC4CCCCCC4)cc3)ccc21. The number of nitrogens with one attached hydrogen (secondary N) is 2. The van der Waals surface area contributed by atoms with Crippen molar-refractivity contribution in [2.45, 2.75) is 75.3 Å². The first kappa shape index (κ1) is 24.4. The van der Waals surface area contributed by atoms with Gasteiger partial charge in [-0.25, -0.2) is 13.1 Å². The van der Waals surface area contributed by atoms with Crippen LogP contribution in [0.1, 0.15) is 73.9 Å². The fourth-order valence-electron chi connectivity index (χ4n) is 4.85. The van der Waals surface area contributed by atoms with E-state index in [9.17, 15) is 18.0 Å². The van der Waals surface area contributed by atoms with E-state index >= 15 is 0 Å². The molecule has 0 radical (unpaired) electrons. The first-order chi connectivity index (χ1) is 16.1. The van der Waals surface area contributed by atoms with E-state index in [1.165, 1.54) is 18.9 Å². The van der Waals surface area contributed by atoms with Gasteiger partial charge in [0.2, 0.25) is 15.9 Å². The Bertz CT molecular complexity index is 1180. The number of nitrogens with zero attached hydrogens (tertiary/aromatic N) is 1. The molecule has 7 nitrogen and oxygen atoms in total. The van der Waals surface area contributed by atoms with Crippen LogP contribution < -0.4 is 14.9 Å². The number of fused-ring (bicyclic) bond motifs is 1. The summed E-state index contributed by atoms with van der Waals surface area (Å²) in [6, 6.07) is 12.0. The molecule has 34 heavy (non-hydrogen) atoms. The number of hydrogen-bond donors (Lipinski definition) is 2. The highest BCUT2D eigenvalue weighted by atomic mass is 32.2. The maximum absolute atomic E-state index is 12.9. The van der Waals surface area contributed by atoms with Crippen LogP contribution in [0.5, 0.6) is 0 Å². The van der Waals surface area contributed by atoms with Gasteiger partial charge in [-0.1, -0.05) is 37.8 Å². The molecule has 2 aromatic rings. The van der Waals surface area contributed by atoms with Gasteiger partial charge in [-0.2, -0.15) is 0 Å². The number of likely N-dealkylation sites (N-methyl/N-ethyl adjacent to an activating group) is 1. The molecule has 0 aromatic heterocycles. The molecule has 1 aliphatic carbocycles. The lowest BCUT2D eigenvalue weighted by Crippen LogP contribution is -2.34. The van der Waals surface area contributed by atoms with Crippen LogP contribution in [-0.4, -0.2) is 33.3 Å². The van der Waals surface area contributed by atoms with E-state index in [0.29, 0.717) is 11.1 Å². The molecule has 0 unspecified atom stereocenters. The Labute approximate surface area is 202 Å². The molecule has 2 aliphatic rings. The van der Waals surface area contributed by atoms with Crippen LogP contribution in [-0.2, 0) is 26.8 Å². The predicted molar refractivity (Wildman–Crippen MR) is 132 cm³/mol. The average molecular weight is 484 g/mol. The lowest BCUT2D eigenvalue weighted by molar-refractivity contribution is -0.121. The van der Waals surface area contributed by atoms with Crippen LogP contribution in [0.2, 0.25) is 0 Å². The zero-order valence-corrected chi connectivity index (χ0v) is 20.9. The largest absolute Gasteiger partial charge is 0.349 e. The van der Waals surface area contributed by atoms with Crippen LogP contribution in [0.15, 0.2) is 47.4 Å². The molecule has 1 aliphatic heterocycles. The van der Waals surface area contributed by atoms with Crippen molar-refractivity contribution in [3.05, 3.63) is 59.2 Å². The fraction of sp³-hybridized carbons (Fsp3) is 0.462. The summed E-state index contributed by atoms with van der Waals surface area (Å²) in [5.41, 5.74) is 1.98. The van der Waals surface area contributed by atoms with Crippen LogP contribution in [0.25, 0.3) is 0 Å². The highest BCUT2D eigenvalue weighted by Crippen LogP contribution is 2.41. The Balaban J connectivity index is 1.40. The molecule has 4 rings (SSSR count). The van der Waals surface area contributed by atoms with Crippen molar-refractivity contribution in [2.24, 2.45) is 0 Å². The maximum atomic E-state index is 12.9. The Morgan fingerprint density at radius 3 is 2.32 bits per heavy atom. The topological polar surface area (TPSA) is 95.6 Å². The molecular formula is C26H33N3O4S. The Morgan fingerprint density at radius 1 is 1.03 bits per heavy atom. The molecule has 2 N–H and O–H groups in total. The van der Waals surface area contributed by atoms with Crippen molar-refractivity contribution in [1.29, 1.82) is 0 Å². The van der Waals surface area contributed by atoms with E-state index in [-0.39, 0.29) is 29.3 Å². The molecular weight excluding hydrogens is 450 g/mol.